The summed E-state index contributed by atoms with van der Waals surface area (Å²) in [5.74, 6) is 0. The highest BCUT2D eigenvalue weighted by molar-refractivity contribution is 5.65. The molecule has 0 spiro atoms. The highest BCUT2D eigenvalue weighted by atomic mass is 16.6. The Bertz CT molecular complexity index is 448. The molecule has 5 nitrogen and oxygen atoms in total. The summed E-state index contributed by atoms with van der Waals surface area (Å²) < 4.78 is 0. The van der Waals surface area contributed by atoms with E-state index in [2.05, 4.69) is 11.8 Å². The molecule has 1 saturated heterocycles. The van der Waals surface area contributed by atoms with Crippen LogP contribution in [0, 0.1) is 10.1 Å². The van der Waals surface area contributed by atoms with Gasteiger partial charge in [0, 0.05) is 18.7 Å². The van der Waals surface area contributed by atoms with Crippen LogP contribution >= 0.6 is 0 Å². The predicted molar refractivity (Wildman–Crippen MR) is 69.7 cm³/mol. The summed E-state index contributed by atoms with van der Waals surface area (Å²) in [7, 11) is 0. The van der Waals surface area contributed by atoms with Crippen molar-refractivity contribution in [1.29, 1.82) is 0 Å². The molecule has 1 aromatic rings. The van der Waals surface area contributed by atoms with Crippen molar-refractivity contribution in [3.05, 3.63) is 33.9 Å². The normalized spacial score (nSPS) is 19.9. The molecule has 1 unspecified atom stereocenters. The van der Waals surface area contributed by atoms with Crippen LogP contribution in [-0.4, -0.2) is 22.6 Å². The Morgan fingerprint density at radius 1 is 1.50 bits per heavy atom. The Morgan fingerprint density at radius 2 is 2.28 bits per heavy atom. The first-order valence-corrected chi connectivity index (χ1v) is 6.28. The number of nitrogens with zero attached hydrogens (tertiary/aromatic N) is 2. The molecule has 98 valence electrons. The maximum atomic E-state index is 11.1. The summed E-state index contributed by atoms with van der Waals surface area (Å²) >= 11 is 0. The number of aliphatic hydroxyl groups is 1. The van der Waals surface area contributed by atoms with Crippen LogP contribution in [0.25, 0.3) is 0 Å². The van der Waals surface area contributed by atoms with E-state index in [0.29, 0.717) is 17.3 Å². The molecular formula is C13H18N2O3. The molecule has 1 heterocycles. The topological polar surface area (TPSA) is 66.6 Å². The van der Waals surface area contributed by atoms with E-state index in [-0.39, 0.29) is 17.2 Å². The van der Waals surface area contributed by atoms with Crippen LogP contribution in [0.2, 0.25) is 0 Å². The molecule has 1 atom stereocenters. The number of hydrogen-bond acceptors (Lipinski definition) is 4. The fourth-order valence-corrected chi connectivity index (χ4v) is 2.51. The fourth-order valence-electron chi connectivity index (χ4n) is 2.51. The van der Waals surface area contributed by atoms with Gasteiger partial charge in [0.25, 0.3) is 5.69 Å². The van der Waals surface area contributed by atoms with Crippen LogP contribution in [0.4, 0.5) is 11.4 Å². The second kappa shape index (κ2) is 5.35. The Kier molecular flexibility index (Phi) is 3.81. The van der Waals surface area contributed by atoms with Gasteiger partial charge in [-0.1, -0.05) is 6.07 Å². The number of nitro benzene ring substituents is 1. The van der Waals surface area contributed by atoms with E-state index < -0.39 is 0 Å². The zero-order valence-corrected chi connectivity index (χ0v) is 10.5. The Hall–Kier alpha value is -1.62. The first-order valence-electron chi connectivity index (χ1n) is 6.28. The first kappa shape index (κ1) is 12.8. The van der Waals surface area contributed by atoms with E-state index in [1.54, 1.807) is 12.1 Å². The minimum atomic E-state index is -0.365. The lowest BCUT2D eigenvalue weighted by molar-refractivity contribution is -0.384. The maximum absolute atomic E-state index is 11.1. The Balaban J connectivity index is 2.39. The predicted octanol–water partition coefficient (Wildman–Crippen LogP) is 2.47. The Morgan fingerprint density at radius 3 is 2.89 bits per heavy atom. The lowest BCUT2D eigenvalue weighted by Gasteiger charge is -2.35. The second-order valence-electron chi connectivity index (χ2n) is 4.78. The van der Waals surface area contributed by atoms with Gasteiger partial charge in [-0.3, -0.25) is 10.1 Å². The van der Waals surface area contributed by atoms with Gasteiger partial charge in [-0.15, -0.1) is 0 Å². The molecule has 1 fully saturated rings. The fraction of sp³-hybridized carbons (Fsp3) is 0.538. The van der Waals surface area contributed by atoms with Gasteiger partial charge in [0.15, 0.2) is 0 Å². The summed E-state index contributed by atoms with van der Waals surface area (Å²) in [4.78, 5) is 12.9. The Labute approximate surface area is 106 Å². The monoisotopic (exact) mass is 250 g/mol. The molecule has 0 aromatic heterocycles. The first-order chi connectivity index (χ1) is 8.63. The zero-order valence-electron chi connectivity index (χ0n) is 10.5. The number of piperidine rings is 1. The average molecular weight is 250 g/mol. The SMILES string of the molecule is CC1CCCCN1c1ccc(CO)cc1[N+](=O)[O-]. The molecule has 0 radical (unpaired) electrons. The third-order valence-corrected chi connectivity index (χ3v) is 3.53. The van der Waals surface area contributed by atoms with E-state index in [4.69, 9.17) is 5.11 Å². The van der Waals surface area contributed by atoms with Crippen LogP contribution in [0.15, 0.2) is 18.2 Å². The molecule has 2 rings (SSSR count). The molecule has 0 aliphatic carbocycles. The summed E-state index contributed by atoms with van der Waals surface area (Å²) in [5.41, 5.74) is 1.34. The second-order valence-corrected chi connectivity index (χ2v) is 4.78. The number of benzene rings is 1. The van der Waals surface area contributed by atoms with Crippen LogP contribution in [0.5, 0.6) is 0 Å². The van der Waals surface area contributed by atoms with Gasteiger partial charge in [-0.2, -0.15) is 0 Å². The van der Waals surface area contributed by atoms with Crippen molar-refractivity contribution in [1.82, 2.24) is 0 Å². The van der Waals surface area contributed by atoms with Crippen molar-refractivity contribution in [2.45, 2.75) is 38.8 Å². The third kappa shape index (κ3) is 2.46. The highest BCUT2D eigenvalue weighted by Crippen LogP contribution is 2.33. The molecule has 18 heavy (non-hydrogen) atoms. The van der Waals surface area contributed by atoms with Crippen molar-refractivity contribution < 1.29 is 10.0 Å². The summed E-state index contributed by atoms with van der Waals surface area (Å²) in [5, 5.41) is 20.2. The lowest BCUT2D eigenvalue weighted by atomic mass is 10.0. The third-order valence-electron chi connectivity index (χ3n) is 3.53. The van der Waals surface area contributed by atoms with Crippen molar-refractivity contribution in [3.8, 4) is 0 Å². The molecule has 1 aromatic carbocycles. The minimum absolute atomic E-state index is 0.0929. The number of nitro groups is 1. The maximum Gasteiger partial charge on any atom is 0.292 e. The molecule has 0 bridgehead atoms. The molecule has 1 N–H and O–H groups in total. The quantitative estimate of drug-likeness (QED) is 0.661. The number of hydrogen-bond donors (Lipinski definition) is 1. The van der Waals surface area contributed by atoms with Crippen molar-refractivity contribution >= 4 is 11.4 Å². The molecule has 0 amide bonds. The van der Waals surface area contributed by atoms with E-state index in [1.165, 1.54) is 12.5 Å². The zero-order chi connectivity index (χ0) is 13.1. The minimum Gasteiger partial charge on any atom is -0.392 e. The van der Waals surface area contributed by atoms with Crippen molar-refractivity contribution in [2.24, 2.45) is 0 Å². The summed E-state index contributed by atoms with van der Waals surface area (Å²) in [6.07, 6.45) is 3.32. The van der Waals surface area contributed by atoms with E-state index >= 15 is 0 Å². The number of rotatable bonds is 3. The number of aliphatic hydroxyl groups excluding tert-OH is 1. The molecular weight excluding hydrogens is 232 g/mol. The van der Waals surface area contributed by atoms with Crippen molar-refractivity contribution in [3.63, 3.8) is 0 Å². The lowest BCUT2D eigenvalue weighted by Crippen LogP contribution is -2.37. The van der Waals surface area contributed by atoms with Crippen LogP contribution < -0.4 is 4.90 Å². The van der Waals surface area contributed by atoms with Crippen LogP contribution in [0.3, 0.4) is 0 Å². The van der Waals surface area contributed by atoms with E-state index in [9.17, 15) is 10.1 Å². The van der Waals surface area contributed by atoms with Gasteiger partial charge in [0.05, 0.1) is 11.5 Å². The summed E-state index contributed by atoms with van der Waals surface area (Å²) in [6.45, 7) is 2.79. The standard InChI is InChI=1S/C13H18N2O3/c1-10-4-2-3-7-14(10)12-6-5-11(9-16)8-13(12)15(17)18/h5-6,8,10,16H,2-4,7,9H2,1H3. The van der Waals surface area contributed by atoms with Gasteiger partial charge >= 0.3 is 0 Å². The van der Waals surface area contributed by atoms with Gasteiger partial charge in [0.1, 0.15) is 5.69 Å². The largest absolute Gasteiger partial charge is 0.392 e. The average Bonchev–Trinajstić information content (AvgIpc) is 2.38. The molecule has 1 aliphatic rings. The van der Waals surface area contributed by atoms with E-state index in [0.717, 1.165) is 19.4 Å². The van der Waals surface area contributed by atoms with Crippen LogP contribution in [-0.2, 0) is 6.61 Å². The van der Waals surface area contributed by atoms with Gasteiger partial charge in [-0.05, 0) is 37.8 Å². The molecule has 5 heteroatoms. The number of anilines is 1. The summed E-state index contributed by atoms with van der Waals surface area (Å²) in [6, 6.07) is 5.31. The van der Waals surface area contributed by atoms with Gasteiger partial charge in [0.2, 0.25) is 0 Å². The highest BCUT2D eigenvalue weighted by Gasteiger charge is 2.25. The molecule has 1 aliphatic heterocycles. The van der Waals surface area contributed by atoms with Crippen LogP contribution in [0.1, 0.15) is 31.7 Å². The van der Waals surface area contributed by atoms with Crippen molar-refractivity contribution in [2.75, 3.05) is 11.4 Å². The molecule has 0 saturated carbocycles. The van der Waals surface area contributed by atoms with E-state index in [1.807, 2.05) is 0 Å². The smallest absolute Gasteiger partial charge is 0.292 e. The van der Waals surface area contributed by atoms with Gasteiger partial charge in [-0.25, -0.2) is 0 Å². The van der Waals surface area contributed by atoms with Gasteiger partial charge < -0.3 is 10.0 Å².